The van der Waals surface area contributed by atoms with Crippen molar-refractivity contribution in [2.45, 2.75) is 13.8 Å². The van der Waals surface area contributed by atoms with E-state index in [9.17, 15) is 9.59 Å². The maximum Gasteiger partial charge on any atom is 0.343 e. The van der Waals surface area contributed by atoms with E-state index in [2.05, 4.69) is 20.0 Å². The molecule has 0 aliphatic carbocycles. The molecule has 0 spiro atoms. The number of ether oxygens (including phenoxy) is 1. The summed E-state index contributed by atoms with van der Waals surface area (Å²) in [6, 6.07) is 3.59. The van der Waals surface area contributed by atoms with Gasteiger partial charge in [0.25, 0.3) is 0 Å². The topological polar surface area (TPSA) is 107 Å². The van der Waals surface area contributed by atoms with Crippen molar-refractivity contribution in [2.75, 3.05) is 48.3 Å². The lowest BCUT2D eigenvalue weighted by atomic mass is 10.1. The highest BCUT2D eigenvalue weighted by Crippen LogP contribution is 2.30. The Morgan fingerprint density at radius 3 is 2.53 bits per heavy atom. The van der Waals surface area contributed by atoms with Crippen molar-refractivity contribution in [3.8, 4) is 0 Å². The molecular weight excluding hydrogens is 404 g/mol. The number of nitrogens with zero attached hydrogens (tertiary/aromatic N) is 5. The highest BCUT2D eigenvalue weighted by atomic mass is 32.1. The molecule has 1 aliphatic rings. The molecule has 3 heterocycles. The van der Waals surface area contributed by atoms with Crippen molar-refractivity contribution >= 4 is 44.7 Å². The van der Waals surface area contributed by atoms with E-state index < -0.39 is 5.97 Å². The van der Waals surface area contributed by atoms with Crippen molar-refractivity contribution in [3.05, 3.63) is 39.1 Å². The minimum atomic E-state index is -0.620. The summed E-state index contributed by atoms with van der Waals surface area (Å²) in [5.41, 5.74) is 8.10. The van der Waals surface area contributed by atoms with Crippen LogP contribution in [0.2, 0.25) is 0 Å². The molecule has 1 fully saturated rings. The van der Waals surface area contributed by atoms with Crippen LogP contribution in [0.25, 0.3) is 10.9 Å². The molecule has 2 aromatic heterocycles. The van der Waals surface area contributed by atoms with Crippen molar-refractivity contribution in [3.63, 3.8) is 0 Å². The smallest absolute Gasteiger partial charge is 0.343 e. The molecule has 0 unspecified atom stereocenters. The van der Waals surface area contributed by atoms with Crippen LogP contribution in [-0.4, -0.2) is 53.5 Å². The lowest BCUT2D eigenvalue weighted by Crippen LogP contribution is -2.46. The van der Waals surface area contributed by atoms with Crippen LogP contribution in [0.15, 0.2) is 23.1 Å². The summed E-state index contributed by atoms with van der Waals surface area (Å²) in [6.07, 6.45) is 1.53. The summed E-state index contributed by atoms with van der Waals surface area (Å²) < 4.78 is 6.77. The van der Waals surface area contributed by atoms with Gasteiger partial charge in [-0.15, -0.1) is 10.2 Å². The second-order valence-electron chi connectivity index (χ2n) is 7.21. The van der Waals surface area contributed by atoms with E-state index in [1.54, 1.807) is 35.9 Å². The number of rotatable bonds is 4. The number of hydrogen-bond acceptors (Lipinski definition) is 9. The normalized spacial score (nSPS) is 14.4. The summed E-state index contributed by atoms with van der Waals surface area (Å²) in [5, 5.41) is 10.6. The summed E-state index contributed by atoms with van der Waals surface area (Å²) in [4.78, 5) is 29.4. The standard InChI is InChI=1S/C20H24N6O3S/c1-4-29-19(28)14-11-24(3)16-10-17(15(21)9-13(16)18(14)27)25-5-7-26(8-6-25)20-23-22-12(2)30-20/h9-11H,4-8,21H2,1-3H3. The average molecular weight is 429 g/mol. The number of piperazine rings is 1. The Morgan fingerprint density at radius 1 is 1.20 bits per heavy atom. The predicted molar refractivity (Wildman–Crippen MR) is 119 cm³/mol. The van der Waals surface area contributed by atoms with Gasteiger partial charge in [0.15, 0.2) is 0 Å². The molecule has 1 aromatic carbocycles. The quantitative estimate of drug-likeness (QED) is 0.495. The second kappa shape index (κ2) is 7.94. The van der Waals surface area contributed by atoms with Crippen molar-refractivity contribution in [1.82, 2.24) is 14.8 Å². The Labute approximate surface area is 177 Å². The van der Waals surface area contributed by atoms with Gasteiger partial charge in [-0.25, -0.2) is 4.79 Å². The number of anilines is 3. The highest BCUT2D eigenvalue weighted by Gasteiger charge is 2.23. The summed E-state index contributed by atoms with van der Waals surface area (Å²) in [6.45, 7) is 7.06. The van der Waals surface area contributed by atoms with E-state index in [1.165, 1.54) is 6.20 Å². The average Bonchev–Trinajstić information content (AvgIpc) is 3.17. The maximum atomic E-state index is 12.8. The van der Waals surface area contributed by atoms with Crippen molar-refractivity contribution in [1.29, 1.82) is 0 Å². The Morgan fingerprint density at radius 2 is 1.90 bits per heavy atom. The minimum Gasteiger partial charge on any atom is -0.462 e. The van der Waals surface area contributed by atoms with Gasteiger partial charge in [-0.2, -0.15) is 0 Å². The third-order valence-electron chi connectivity index (χ3n) is 5.24. The predicted octanol–water partition coefficient (Wildman–Crippen LogP) is 1.78. The lowest BCUT2D eigenvalue weighted by Gasteiger charge is -2.36. The number of benzene rings is 1. The number of aryl methyl sites for hydroxylation is 2. The fourth-order valence-corrected chi connectivity index (χ4v) is 4.45. The summed E-state index contributed by atoms with van der Waals surface area (Å²) >= 11 is 1.59. The fourth-order valence-electron chi connectivity index (χ4n) is 3.72. The number of hydrogen-bond donors (Lipinski definition) is 1. The molecule has 0 bridgehead atoms. The minimum absolute atomic E-state index is 0.0139. The van der Waals surface area contributed by atoms with Gasteiger partial charge in [0.1, 0.15) is 10.6 Å². The lowest BCUT2D eigenvalue weighted by molar-refractivity contribution is 0.0524. The molecule has 10 heteroatoms. The first-order valence-corrected chi connectivity index (χ1v) is 10.6. The zero-order valence-corrected chi connectivity index (χ0v) is 18.0. The molecule has 3 aromatic rings. The number of fused-ring (bicyclic) bond motifs is 1. The van der Waals surface area contributed by atoms with E-state index in [4.69, 9.17) is 10.5 Å². The number of nitrogens with two attached hydrogens (primary N) is 1. The summed E-state index contributed by atoms with van der Waals surface area (Å²) in [7, 11) is 1.81. The number of pyridine rings is 1. The number of esters is 1. The van der Waals surface area contributed by atoms with Crippen LogP contribution >= 0.6 is 11.3 Å². The number of carbonyl (C=O) groups is 1. The second-order valence-corrected chi connectivity index (χ2v) is 8.37. The number of nitrogen functional groups attached to an aromatic ring is 1. The van der Waals surface area contributed by atoms with Crippen LogP contribution in [0.4, 0.5) is 16.5 Å². The summed E-state index contributed by atoms with van der Waals surface area (Å²) in [5.74, 6) is -0.620. The molecule has 0 saturated carbocycles. The first-order valence-electron chi connectivity index (χ1n) is 9.79. The zero-order chi connectivity index (χ0) is 21.4. The van der Waals surface area contributed by atoms with Crippen molar-refractivity contribution < 1.29 is 9.53 Å². The van der Waals surface area contributed by atoms with Crippen LogP contribution in [0, 0.1) is 6.92 Å². The Kier molecular flexibility index (Phi) is 5.33. The Hall–Kier alpha value is -3.14. The molecule has 30 heavy (non-hydrogen) atoms. The van der Waals surface area contributed by atoms with Crippen LogP contribution < -0.4 is 21.0 Å². The highest BCUT2D eigenvalue weighted by molar-refractivity contribution is 7.15. The first-order chi connectivity index (χ1) is 14.4. The van der Waals surface area contributed by atoms with Gasteiger partial charge in [0.05, 0.1) is 23.5 Å². The fraction of sp³-hybridized carbons (Fsp3) is 0.400. The number of aromatic nitrogens is 3. The van der Waals surface area contributed by atoms with E-state index in [0.717, 1.165) is 47.5 Å². The maximum absolute atomic E-state index is 12.8. The molecule has 0 amide bonds. The Bertz CT molecular complexity index is 1160. The molecule has 158 valence electrons. The Balaban J connectivity index is 1.64. The molecular formula is C20H24N6O3S. The van der Waals surface area contributed by atoms with Crippen LogP contribution in [-0.2, 0) is 11.8 Å². The van der Waals surface area contributed by atoms with Gasteiger partial charge in [-0.05, 0) is 26.0 Å². The molecule has 9 nitrogen and oxygen atoms in total. The monoisotopic (exact) mass is 428 g/mol. The molecule has 0 atom stereocenters. The van der Waals surface area contributed by atoms with Gasteiger partial charge in [0, 0.05) is 44.8 Å². The third-order valence-corrected chi connectivity index (χ3v) is 6.14. The molecule has 0 radical (unpaired) electrons. The first kappa shape index (κ1) is 20.1. The van der Waals surface area contributed by atoms with E-state index in [1.807, 2.05) is 13.0 Å². The van der Waals surface area contributed by atoms with Crippen LogP contribution in [0.5, 0.6) is 0 Å². The van der Waals surface area contributed by atoms with Crippen LogP contribution in [0.1, 0.15) is 22.3 Å². The molecule has 1 saturated heterocycles. The van der Waals surface area contributed by atoms with E-state index >= 15 is 0 Å². The number of carbonyl (C=O) groups excluding carboxylic acids is 1. The molecule has 4 rings (SSSR count). The molecule has 1 aliphatic heterocycles. The van der Waals surface area contributed by atoms with E-state index in [-0.39, 0.29) is 17.6 Å². The SMILES string of the molecule is CCOC(=O)c1cn(C)c2cc(N3CCN(c4nnc(C)s4)CC3)c(N)cc2c1=O. The third kappa shape index (κ3) is 3.58. The van der Waals surface area contributed by atoms with Gasteiger partial charge in [-0.3, -0.25) is 4.79 Å². The van der Waals surface area contributed by atoms with Crippen molar-refractivity contribution in [2.24, 2.45) is 7.05 Å². The largest absolute Gasteiger partial charge is 0.462 e. The van der Waals surface area contributed by atoms with Gasteiger partial charge in [0.2, 0.25) is 10.6 Å². The van der Waals surface area contributed by atoms with Gasteiger partial charge >= 0.3 is 5.97 Å². The molecule has 2 N–H and O–H groups in total. The van der Waals surface area contributed by atoms with Gasteiger partial charge in [-0.1, -0.05) is 11.3 Å². The zero-order valence-electron chi connectivity index (χ0n) is 17.2. The van der Waals surface area contributed by atoms with E-state index in [0.29, 0.717) is 11.1 Å². The van der Waals surface area contributed by atoms with Gasteiger partial charge < -0.3 is 24.8 Å². The van der Waals surface area contributed by atoms with Crippen LogP contribution in [0.3, 0.4) is 0 Å².